The first-order valence-corrected chi connectivity index (χ1v) is 14.6. The molecule has 0 atom stereocenters. The van der Waals surface area contributed by atoms with Crippen LogP contribution in [0.1, 0.15) is 76.3 Å². The third-order valence-corrected chi connectivity index (χ3v) is 8.36. The SMILES string of the molecule is C.C=CC=C.O=CCN1CCCC2(CCCN(c3ccccc3)CCC2)CC1.Oc1ccc2c(c1)CCCC2. The van der Waals surface area contributed by atoms with Crippen LogP contribution in [-0.2, 0) is 17.6 Å². The molecule has 2 aromatic rings. The predicted octanol–water partition coefficient (Wildman–Crippen LogP) is 8.00. The fourth-order valence-corrected chi connectivity index (χ4v) is 6.24. The summed E-state index contributed by atoms with van der Waals surface area (Å²) in [5.41, 5.74) is 4.69. The van der Waals surface area contributed by atoms with Gasteiger partial charge in [0.2, 0.25) is 0 Å². The second-order valence-corrected chi connectivity index (χ2v) is 11.0. The van der Waals surface area contributed by atoms with Crippen molar-refractivity contribution in [3.8, 4) is 5.75 Å². The van der Waals surface area contributed by atoms with E-state index in [9.17, 15) is 9.90 Å². The predicted molar refractivity (Wildman–Crippen MR) is 168 cm³/mol. The second-order valence-electron chi connectivity index (χ2n) is 11.0. The number of fused-ring (bicyclic) bond motifs is 1. The molecule has 0 bridgehead atoms. The number of benzene rings is 2. The lowest BCUT2D eigenvalue weighted by molar-refractivity contribution is -0.108. The van der Waals surface area contributed by atoms with E-state index in [4.69, 9.17) is 0 Å². The van der Waals surface area contributed by atoms with Crippen molar-refractivity contribution >= 4 is 12.0 Å². The van der Waals surface area contributed by atoms with Gasteiger partial charge in [0.25, 0.3) is 0 Å². The van der Waals surface area contributed by atoms with Crippen molar-refractivity contribution < 1.29 is 9.90 Å². The minimum atomic E-state index is 0. The maximum absolute atomic E-state index is 10.8. The molecule has 5 rings (SSSR count). The Morgan fingerprint density at radius 3 is 2.00 bits per heavy atom. The Morgan fingerprint density at radius 1 is 0.769 bits per heavy atom. The molecule has 214 valence electrons. The van der Waals surface area contributed by atoms with Crippen LogP contribution < -0.4 is 4.90 Å². The monoisotopic (exact) mass is 532 g/mol. The topological polar surface area (TPSA) is 43.8 Å². The largest absolute Gasteiger partial charge is 0.508 e. The molecule has 3 aliphatic rings. The number of hydrogen-bond acceptors (Lipinski definition) is 4. The molecule has 1 N–H and O–H groups in total. The molecule has 2 fully saturated rings. The molecule has 2 heterocycles. The summed E-state index contributed by atoms with van der Waals surface area (Å²) in [6.07, 6.45) is 18.4. The minimum absolute atomic E-state index is 0. The highest BCUT2D eigenvalue weighted by Gasteiger charge is 2.33. The van der Waals surface area contributed by atoms with E-state index in [1.165, 1.54) is 94.1 Å². The van der Waals surface area contributed by atoms with Gasteiger partial charge >= 0.3 is 0 Å². The zero-order valence-electron chi connectivity index (χ0n) is 23.3. The summed E-state index contributed by atoms with van der Waals surface area (Å²) >= 11 is 0. The number of carbonyl (C=O) groups excluding carboxylic acids is 1. The number of nitrogens with zero attached hydrogens (tertiary/aromatic N) is 2. The molecule has 4 heteroatoms. The van der Waals surface area contributed by atoms with Crippen molar-refractivity contribution in [3.63, 3.8) is 0 Å². The normalized spacial score (nSPS) is 18.6. The third-order valence-electron chi connectivity index (χ3n) is 8.36. The Hall–Kier alpha value is -2.85. The van der Waals surface area contributed by atoms with Crippen LogP contribution in [0.2, 0.25) is 0 Å². The first-order chi connectivity index (χ1) is 18.6. The minimum Gasteiger partial charge on any atom is -0.508 e. The number of para-hydroxylation sites is 1. The van der Waals surface area contributed by atoms with E-state index < -0.39 is 0 Å². The molecule has 1 spiro atoms. The summed E-state index contributed by atoms with van der Waals surface area (Å²) in [7, 11) is 0. The van der Waals surface area contributed by atoms with Gasteiger partial charge in [-0.1, -0.05) is 57.0 Å². The number of carbonyl (C=O) groups is 1. The first-order valence-electron chi connectivity index (χ1n) is 14.6. The third kappa shape index (κ3) is 10.7. The van der Waals surface area contributed by atoms with E-state index in [1.807, 2.05) is 12.1 Å². The number of aldehydes is 1. The summed E-state index contributed by atoms with van der Waals surface area (Å²) < 4.78 is 0. The van der Waals surface area contributed by atoms with Crippen molar-refractivity contribution in [2.45, 2.75) is 78.1 Å². The molecule has 0 radical (unpaired) electrons. The van der Waals surface area contributed by atoms with E-state index in [0.717, 1.165) is 25.8 Å². The quantitative estimate of drug-likeness (QED) is 0.320. The van der Waals surface area contributed by atoms with E-state index in [2.05, 4.69) is 53.3 Å². The molecule has 2 aromatic carbocycles. The fraction of sp³-hybridized carbons (Fsp3) is 0.514. The van der Waals surface area contributed by atoms with Gasteiger partial charge in [-0.15, -0.1) is 0 Å². The molecule has 0 amide bonds. The van der Waals surface area contributed by atoms with Crippen LogP contribution in [-0.4, -0.2) is 49.0 Å². The van der Waals surface area contributed by atoms with E-state index in [1.54, 1.807) is 18.2 Å². The lowest BCUT2D eigenvalue weighted by Crippen LogP contribution is -2.33. The smallest absolute Gasteiger partial charge is 0.133 e. The average molecular weight is 533 g/mol. The van der Waals surface area contributed by atoms with Crippen molar-refractivity contribution in [1.29, 1.82) is 0 Å². The molecule has 2 saturated heterocycles. The molecule has 39 heavy (non-hydrogen) atoms. The number of anilines is 1. The van der Waals surface area contributed by atoms with Gasteiger partial charge in [-0.05, 0) is 125 Å². The van der Waals surface area contributed by atoms with Crippen LogP contribution in [0.15, 0.2) is 73.8 Å². The van der Waals surface area contributed by atoms with E-state index in [0.29, 0.717) is 17.7 Å². The van der Waals surface area contributed by atoms with Crippen LogP contribution in [0.5, 0.6) is 5.75 Å². The van der Waals surface area contributed by atoms with Crippen molar-refractivity contribution in [2.75, 3.05) is 37.6 Å². The molecular formula is C35H52N2O2. The van der Waals surface area contributed by atoms with E-state index in [-0.39, 0.29) is 7.43 Å². The summed E-state index contributed by atoms with van der Waals surface area (Å²) in [6, 6.07) is 16.6. The van der Waals surface area contributed by atoms with Crippen LogP contribution in [0.25, 0.3) is 0 Å². The van der Waals surface area contributed by atoms with Crippen molar-refractivity contribution in [3.05, 3.63) is 85.0 Å². The average Bonchev–Trinajstić information content (AvgIpc) is 3.14. The number of hydrogen-bond donors (Lipinski definition) is 1. The van der Waals surface area contributed by atoms with Crippen molar-refractivity contribution in [1.82, 2.24) is 4.90 Å². The number of likely N-dealkylation sites (tertiary alicyclic amines) is 1. The van der Waals surface area contributed by atoms with Gasteiger partial charge in [0, 0.05) is 18.8 Å². The van der Waals surface area contributed by atoms with Gasteiger partial charge < -0.3 is 14.8 Å². The number of phenolic OH excluding ortho intramolecular Hbond substituents is 1. The Bertz CT molecular complexity index is 971. The number of aromatic hydroxyl groups is 1. The lowest BCUT2D eigenvalue weighted by Gasteiger charge is -2.38. The highest BCUT2D eigenvalue weighted by molar-refractivity contribution is 5.52. The number of aryl methyl sites for hydroxylation is 2. The van der Waals surface area contributed by atoms with Gasteiger partial charge in [0.15, 0.2) is 0 Å². The van der Waals surface area contributed by atoms with Gasteiger partial charge in [0.1, 0.15) is 12.0 Å². The lowest BCUT2D eigenvalue weighted by atomic mass is 9.72. The molecule has 0 saturated carbocycles. The molecule has 4 nitrogen and oxygen atoms in total. The van der Waals surface area contributed by atoms with Gasteiger partial charge in [0.05, 0.1) is 6.54 Å². The zero-order valence-corrected chi connectivity index (χ0v) is 23.3. The first kappa shape index (κ1) is 32.4. The molecule has 2 aliphatic heterocycles. The van der Waals surface area contributed by atoms with Crippen molar-refractivity contribution in [2.24, 2.45) is 5.41 Å². The van der Waals surface area contributed by atoms with E-state index >= 15 is 0 Å². The van der Waals surface area contributed by atoms with Gasteiger partial charge in [-0.25, -0.2) is 0 Å². The number of allylic oxidation sites excluding steroid dienone is 2. The van der Waals surface area contributed by atoms with Gasteiger partial charge in [-0.2, -0.15) is 0 Å². The van der Waals surface area contributed by atoms with Crippen LogP contribution >= 0.6 is 0 Å². The molecule has 0 unspecified atom stereocenters. The Balaban J connectivity index is 0.000000277. The van der Waals surface area contributed by atoms with Crippen LogP contribution in [0.4, 0.5) is 5.69 Å². The summed E-state index contributed by atoms with van der Waals surface area (Å²) in [6.45, 7) is 11.9. The highest BCUT2D eigenvalue weighted by atomic mass is 16.3. The number of rotatable bonds is 4. The molecular weight excluding hydrogens is 480 g/mol. The Labute approximate surface area is 238 Å². The fourth-order valence-electron chi connectivity index (χ4n) is 6.24. The summed E-state index contributed by atoms with van der Waals surface area (Å²) in [5, 5.41) is 9.19. The molecule has 0 aromatic heterocycles. The standard InChI is InChI=1S/C20H30N2O.C10H12O.C4H6.CH4/c23-18-17-21-13-4-9-20(12-16-21)10-5-14-22(15-6-11-20)19-7-2-1-3-8-19;11-10-6-5-8-3-1-2-4-9(8)7-10;1-3-4-2;/h1-3,7-8,18H,4-6,9-17H2;5-7,11H,1-4H2;3-4H,1-2H2;1H4. The Kier molecular flexibility index (Phi) is 14.7. The second kappa shape index (κ2) is 17.7. The highest BCUT2D eigenvalue weighted by Crippen LogP contribution is 2.41. The Morgan fingerprint density at radius 2 is 1.38 bits per heavy atom. The molecule has 1 aliphatic carbocycles. The number of phenols is 1. The maximum Gasteiger partial charge on any atom is 0.133 e. The van der Waals surface area contributed by atoms with Crippen LogP contribution in [0.3, 0.4) is 0 Å². The van der Waals surface area contributed by atoms with Crippen LogP contribution in [0, 0.1) is 5.41 Å². The van der Waals surface area contributed by atoms with Gasteiger partial charge in [-0.3, -0.25) is 4.90 Å². The summed E-state index contributed by atoms with van der Waals surface area (Å²) in [4.78, 5) is 15.7. The zero-order chi connectivity index (χ0) is 27.1. The summed E-state index contributed by atoms with van der Waals surface area (Å²) in [5.74, 6) is 0.408. The maximum atomic E-state index is 10.8.